The van der Waals surface area contributed by atoms with Gasteiger partial charge in [-0.25, -0.2) is 4.98 Å². The molecule has 6 aromatic carbocycles. The van der Waals surface area contributed by atoms with E-state index in [1.54, 1.807) is 12.1 Å². The van der Waals surface area contributed by atoms with Gasteiger partial charge in [0.2, 0.25) is 0 Å². The van der Waals surface area contributed by atoms with Crippen LogP contribution in [-0.2, 0) is 31.9 Å². The summed E-state index contributed by atoms with van der Waals surface area (Å²) in [6.45, 7) is -2.02. The number of hydrogen-bond donors (Lipinski definition) is 0. The molecule has 0 aliphatic carbocycles. The van der Waals surface area contributed by atoms with Crippen LogP contribution in [0.2, 0.25) is 0 Å². The first kappa shape index (κ1) is 33.6. The van der Waals surface area contributed by atoms with Gasteiger partial charge in [0.25, 0.3) is 0 Å². The maximum atomic E-state index is 8.40. The Balaban J connectivity index is 0.00000641. The summed E-state index contributed by atoms with van der Waals surface area (Å²) in [5.41, 5.74) is 5.86. The molecule has 66 heavy (non-hydrogen) atoms. The van der Waals surface area contributed by atoms with Gasteiger partial charge in [-0.2, -0.15) is 12.1 Å². The van der Waals surface area contributed by atoms with Crippen molar-refractivity contribution < 1.29 is 38.1 Å². The Bertz CT molecular complexity index is 3580. The quantitative estimate of drug-likeness (QED) is 0.117. The van der Waals surface area contributed by atoms with E-state index in [1.165, 1.54) is 12.1 Å². The van der Waals surface area contributed by atoms with Gasteiger partial charge in [0.15, 0.2) is 0 Å². The standard InChI is InChI=1S/C58H49BN5O.Pt/c1-57(2,3)42-27-25-41(26-28-42)55-56(49(40-17-8-7-9-18-40)38-61-34-15-14-32-59(55)61)63-39-62(51-23-12-13-24-52(51)63)44-19-16-20-45(36-44)65-46-29-30-48-47-21-10-11-22-50(47)64(53(48)37-46)54-35-43(31-33-60-54)58(4,5)6;/h7-35,38-39H,1-6H3;/q-3;/i1D3,2D3,3D3;. The Morgan fingerprint density at radius 2 is 1.41 bits per heavy atom. The molecule has 2 aromatic heterocycles. The summed E-state index contributed by atoms with van der Waals surface area (Å²) in [4.78, 5) is 11.1. The molecule has 0 N–H and O–H groups in total. The molecule has 8 heteroatoms. The first-order valence-corrected chi connectivity index (χ1v) is 21.6. The van der Waals surface area contributed by atoms with Crippen molar-refractivity contribution in [3.8, 4) is 17.3 Å². The van der Waals surface area contributed by atoms with Gasteiger partial charge >= 0.3 is 6.85 Å². The zero-order chi connectivity index (χ0) is 52.0. The molecule has 5 heterocycles. The van der Waals surface area contributed by atoms with E-state index >= 15 is 0 Å². The van der Waals surface area contributed by atoms with Crippen molar-refractivity contribution in [2.45, 2.75) is 52.2 Å². The van der Waals surface area contributed by atoms with Crippen molar-refractivity contribution in [2.24, 2.45) is 0 Å². The monoisotopic (exact) mass is 1050 g/mol. The summed E-state index contributed by atoms with van der Waals surface area (Å²) < 4.78 is 84.4. The topological polar surface area (TPSA) is 36.8 Å². The van der Waals surface area contributed by atoms with Crippen molar-refractivity contribution in [1.82, 2.24) is 14.4 Å². The van der Waals surface area contributed by atoms with Crippen molar-refractivity contribution in [3.63, 3.8) is 0 Å². The first-order chi connectivity index (χ1) is 35.2. The van der Waals surface area contributed by atoms with Crippen LogP contribution in [0.1, 0.15) is 75.9 Å². The normalized spacial score (nSPS) is 17.3. The number of ether oxygens (including phenoxy) is 1. The van der Waals surface area contributed by atoms with Crippen LogP contribution in [0, 0.1) is 18.8 Å². The molecule has 0 saturated carbocycles. The average molecular weight is 1050 g/mol. The van der Waals surface area contributed by atoms with Gasteiger partial charge in [0.05, 0.1) is 0 Å². The van der Waals surface area contributed by atoms with Gasteiger partial charge in [-0.1, -0.05) is 144 Å². The summed E-state index contributed by atoms with van der Waals surface area (Å²) in [6.07, 6.45) is 9.84. The zero-order valence-electron chi connectivity index (χ0n) is 45.4. The maximum Gasteiger partial charge on any atom is 0.322 e. The Kier molecular flexibility index (Phi) is 8.60. The summed E-state index contributed by atoms with van der Waals surface area (Å²) in [6, 6.07) is 53.3. The van der Waals surface area contributed by atoms with Crippen molar-refractivity contribution >= 4 is 56.8 Å². The van der Waals surface area contributed by atoms with E-state index in [1.807, 2.05) is 122 Å². The second-order valence-corrected chi connectivity index (χ2v) is 17.6. The molecule has 8 aromatic rings. The molecule has 0 fully saturated rings. The van der Waals surface area contributed by atoms with Gasteiger partial charge in [-0.05, 0) is 86.6 Å². The van der Waals surface area contributed by atoms with Gasteiger partial charge in [-0.15, -0.1) is 48.1 Å². The predicted octanol–water partition coefficient (Wildman–Crippen LogP) is 14.2. The number of benzene rings is 6. The molecule has 3 aliphatic rings. The van der Waals surface area contributed by atoms with E-state index in [4.69, 9.17) is 22.1 Å². The van der Waals surface area contributed by atoms with Crippen LogP contribution in [0.5, 0.6) is 11.5 Å². The Hall–Kier alpha value is -6.82. The number of fused-ring (bicyclic) bond motifs is 5. The van der Waals surface area contributed by atoms with E-state index in [9.17, 15) is 0 Å². The molecule has 328 valence electrons. The Labute approximate surface area is 415 Å². The summed E-state index contributed by atoms with van der Waals surface area (Å²) in [5, 5.41) is 2.10. The Morgan fingerprint density at radius 3 is 2.20 bits per heavy atom. The second kappa shape index (κ2) is 16.9. The van der Waals surface area contributed by atoms with Crippen LogP contribution in [0.4, 0.5) is 17.1 Å². The molecule has 0 bridgehead atoms. The third kappa shape index (κ3) is 7.69. The van der Waals surface area contributed by atoms with Gasteiger partial charge in [0.1, 0.15) is 5.82 Å². The van der Waals surface area contributed by atoms with Crippen LogP contribution < -0.4 is 14.5 Å². The van der Waals surface area contributed by atoms with Crippen molar-refractivity contribution in [3.05, 3.63) is 229 Å². The van der Waals surface area contributed by atoms with E-state index in [0.29, 0.717) is 22.7 Å². The minimum Gasteiger partial charge on any atom is -0.509 e. The number of para-hydroxylation sites is 3. The molecule has 11 rings (SSSR count). The largest absolute Gasteiger partial charge is 0.509 e. The summed E-state index contributed by atoms with van der Waals surface area (Å²) in [5.74, 6) is 3.82. The summed E-state index contributed by atoms with van der Waals surface area (Å²) >= 11 is 0. The molecule has 0 atom stereocenters. The third-order valence-electron chi connectivity index (χ3n) is 12.3. The number of nitrogens with zero attached hydrogens (tertiary/aromatic N) is 5. The number of anilines is 3. The van der Waals surface area contributed by atoms with Crippen molar-refractivity contribution in [2.75, 3.05) is 9.80 Å². The fourth-order valence-electron chi connectivity index (χ4n) is 9.09. The van der Waals surface area contributed by atoms with E-state index in [2.05, 4.69) is 94.6 Å². The molecule has 0 unspecified atom stereocenters. The first-order valence-electron chi connectivity index (χ1n) is 26.1. The molecule has 0 amide bonds. The maximum absolute atomic E-state index is 8.40. The molecule has 3 aliphatic heterocycles. The average Bonchev–Trinajstić information content (AvgIpc) is 3.92. The zero-order valence-corrected chi connectivity index (χ0v) is 38.7. The third-order valence-corrected chi connectivity index (χ3v) is 12.3. The van der Waals surface area contributed by atoms with E-state index in [-0.39, 0.29) is 38.9 Å². The molecular weight excluding hydrogens is 989 g/mol. The SMILES string of the molecule is [2H]C([2H])([2H])C(c1ccc(C2=C(N3[CH-]N(c4[c-]c(Oc5[c-]c6c(cc5)c5ccccc5n6-c5cc(C(C)(C)C)ccn5)ccc4)c4ccccc43)C(c3ccccc3)=CN3C=CC=CB23)cc1)(C([2H])([2H])[2H])C([2H])([2H])[2H].[Pt]. The van der Waals surface area contributed by atoms with Crippen LogP contribution in [-0.4, -0.2) is 21.2 Å². The fourth-order valence-corrected chi connectivity index (χ4v) is 9.09. The van der Waals surface area contributed by atoms with Gasteiger partial charge < -0.3 is 23.9 Å². The minimum absolute atomic E-state index is 0. The molecule has 0 saturated heterocycles. The number of allylic oxidation sites excluding steroid dienone is 3. The second-order valence-electron chi connectivity index (χ2n) is 17.6. The number of hydrogen-bond acceptors (Lipinski definition) is 5. The number of pyridine rings is 1. The van der Waals surface area contributed by atoms with Crippen LogP contribution >= 0.6 is 0 Å². The van der Waals surface area contributed by atoms with Gasteiger partial charge in [0, 0.05) is 85.5 Å². The number of aromatic nitrogens is 2. The van der Waals surface area contributed by atoms with Crippen LogP contribution in [0.25, 0.3) is 38.7 Å². The molecule has 6 nitrogen and oxygen atoms in total. The predicted molar refractivity (Wildman–Crippen MR) is 269 cm³/mol. The van der Waals surface area contributed by atoms with Crippen LogP contribution in [0.3, 0.4) is 0 Å². The molecular formula is C58H49BN5OPt-3. The molecule has 0 radical (unpaired) electrons. The van der Waals surface area contributed by atoms with Gasteiger partial charge in [-0.3, -0.25) is 0 Å². The smallest absolute Gasteiger partial charge is 0.322 e. The van der Waals surface area contributed by atoms with E-state index < -0.39 is 26.0 Å². The Morgan fingerprint density at radius 1 is 0.667 bits per heavy atom. The summed E-state index contributed by atoms with van der Waals surface area (Å²) in [7, 11) is 0. The van der Waals surface area contributed by atoms with E-state index in [0.717, 1.165) is 66.9 Å². The van der Waals surface area contributed by atoms with Crippen molar-refractivity contribution in [1.29, 1.82) is 0 Å². The minimum atomic E-state index is -3.40. The number of rotatable bonds is 7. The van der Waals surface area contributed by atoms with Crippen LogP contribution in [0.15, 0.2) is 188 Å². The molecule has 0 spiro atoms. The fraction of sp³-hybridized carbons (Fsp3) is 0.138.